The molecule has 0 aromatic carbocycles. The van der Waals surface area contributed by atoms with Gasteiger partial charge in [-0.1, -0.05) is 11.6 Å². The highest BCUT2D eigenvalue weighted by Crippen LogP contribution is 2.30. The Morgan fingerprint density at radius 2 is 2.00 bits per heavy atom. The molecular weight excluding hydrogens is 293 g/mol. The third-order valence-electron chi connectivity index (χ3n) is 1.07. The highest BCUT2D eigenvalue weighted by molar-refractivity contribution is 9.10. The molecule has 2 nitrogen and oxygen atoms in total. The number of halogens is 6. The first-order chi connectivity index (χ1) is 6.29. The lowest BCUT2D eigenvalue weighted by atomic mass is 10.5. The number of aromatic nitrogens is 1. The quantitative estimate of drug-likeness (QED) is 0.584. The van der Waals surface area contributed by atoms with Crippen molar-refractivity contribution in [2.24, 2.45) is 0 Å². The van der Waals surface area contributed by atoms with Crippen LogP contribution in [0, 0.1) is 5.82 Å². The van der Waals surface area contributed by atoms with E-state index in [1.807, 2.05) is 0 Å². The Bertz CT molecular complexity index is 356. The fourth-order valence-corrected chi connectivity index (χ4v) is 1.06. The average molecular weight is 294 g/mol. The van der Waals surface area contributed by atoms with Gasteiger partial charge in [-0.2, -0.15) is 0 Å². The Hall–Kier alpha value is -0.560. The van der Waals surface area contributed by atoms with Gasteiger partial charge in [-0.3, -0.25) is 0 Å². The van der Waals surface area contributed by atoms with Crippen LogP contribution >= 0.6 is 27.5 Å². The van der Waals surface area contributed by atoms with E-state index in [4.69, 9.17) is 11.6 Å². The van der Waals surface area contributed by atoms with Gasteiger partial charge >= 0.3 is 6.36 Å². The molecule has 78 valence electrons. The summed E-state index contributed by atoms with van der Waals surface area (Å²) in [7, 11) is 0. The second-order valence-electron chi connectivity index (χ2n) is 2.10. The van der Waals surface area contributed by atoms with E-state index in [1.165, 1.54) is 0 Å². The first kappa shape index (κ1) is 11.5. The summed E-state index contributed by atoms with van der Waals surface area (Å²) in [4.78, 5) is 3.13. The van der Waals surface area contributed by atoms with Crippen molar-refractivity contribution >= 4 is 27.5 Å². The van der Waals surface area contributed by atoms with Crippen molar-refractivity contribution in [2.45, 2.75) is 6.36 Å². The predicted molar refractivity (Wildman–Crippen MR) is 43.6 cm³/mol. The van der Waals surface area contributed by atoms with E-state index in [1.54, 1.807) is 0 Å². The molecule has 0 aliphatic heterocycles. The summed E-state index contributed by atoms with van der Waals surface area (Å²) >= 11 is 7.85. The highest BCUT2D eigenvalue weighted by atomic mass is 79.9. The molecule has 1 heterocycles. The molecule has 0 amide bonds. The van der Waals surface area contributed by atoms with Crippen LogP contribution in [0.15, 0.2) is 10.7 Å². The molecule has 0 radical (unpaired) electrons. The number of pyridine rings is 1. The van der Waals surface area contributed by atoms with E-state index >= 15 is 0 Å². The molecule has 1 aromatic heterocycles. The lowest BCUT2D eigenvalue weighted by Gasteiger charge is -2.09. The van der Waals surface area contributed by atoms with Gasteiger partial charge in [0, 0.05) is 6.07 Å². The Morgan fingerprint density at radius 3 is 2.50 bits per heavy atom. The summed E-state index contributed by atoms with van der Waals surface area (Å²) < 4.78 is 50.9. The molecule has 0 saturated heterocycles. The van der Waals surface area contributed by atoms with E-state index in [2.05, 4.69) is 25.7 Å². The number of rotatable bonds is 1. The van der Waals surface area contributed by atoms with Crippen LogP contribution in [0.3, 0.4) is 0 Å². The van der Waals surface area contributed by atoms with Crippen LogP contribution in [0.5, 0.6) is 5.88 Å². The normalized spacial score (nSPS) is 11.6. The summed E-state index contributed by atoms with van der Waals surface area (Å²) in [5.41, 5.74) is 0. The predicted octanol–water partition coefficient (Wildman–Crippen LogP) is 3.54. The second kappa shape index (κ2) is 3.90. The Morgan fingerprint density at radius 1 is 1.43 bits per heavy atom. The van der Waals surface area contributed by atoms with Crippen molar-refractivity contribution in [3.8, 4) is 5.88 Å². The zero-order valence-electron chi connectivity index (χ0n) is 6.20. The van der Waals surface area contributed by atoms with E-state index in [0.29, 0.717) is 6.07 Å². The number of hydrogen-bond acceptors (Lipinski definition) is 2. The molecule has 0 unspecified atom stereocenters. The van der Waals surface area contributed by atoms with Crippen molar-refractivity contribution in [2.75, 3.05) is 0 Å². The van der Waals surface area contributed by atoms with Gasteiger partial charge in [0.1, 0.15) is 9.63 Å². The summed E-state index contributed by atoms with van der Waals surface area (Å²) in [5, 5.41) is -0.553. The smallest absolute Gasteiger partial charge is 0.386 e. The molecule has 0 bridgehead atoms. The lowest BCUT2D eigenvalue weighted by molar-refractivity contribution is -0.276. The van der Waals surface area contributed by atoms with Gasteiger partial charge in [0.15, 0.2) is 5.82 Å². The van der Waals surface area contributed by atoms with Crippen LogP contribution in [-0.2, 0) is 0 Å². The fourth-order valence-electron chi connectivity index (χ4n) is 0.610. The van der Waals surface area contributed by atoms with Crippen molar-refractivity contribution in [3.05, 3.63) is 21.5 Å². The van der Waals surface area contributed by atoms with Gasteiger partial charge < -0.3 is 4.74 Å². The topological polar surface area (TPSA) is 22.1 Å². The van der Waals surface area contributed by atoms with Crippen LogP contribution in [0.25, 0.3) is 0 Å². The maximum absolute atomic E-state index is 12.7. The molecule has 8 heteroatoms. The number of hydrogen-bond donors (Lipinski definition) is 0. The number of alkyl halides is 3. The van der Waals surface area contributed by atoms with Crippen molar-refractivity contribution in [1.29, 1.82) is 0 Å². The van der Waals surface area contributed by atoms with Crippen LogP contribution in [-0.4, -0.2) is 11.3 Å². The largest absolute Gasteiger partial charge is 0.574 e. The highest BCUT2D eigenvalue weighted by Gasteiger charge is 2.33. The first-order valence-electron chi connectivity index (χ1n) is 3.07. The van der Waals surface area contributed by atoms with Gasteiger partial charge in [0.05, 0.1) is 0 Å². The molecule has 0 fully saturated rings. The summed E-state index contributed by atoms with van der Waals surface area (Å²) in [5.74, 6) is -1.77. The Kier molecular flexibility index (Phi) is 3.20. The second-order valence-corrected chi connectivity index (χ2v) is 3.25. The van der Waals surface area contributed by atoms with Crippen LogP contribution in [0.2, 0.25) is 5.02 Å². The molecule has 14 heavy (non-hydrogen) atoms. The minimum absolute atomic E-state index is 0.402. The first-order valence-corrected chi connectivity index (χ1v) is 4.24. The van der Waals surface area contributed by atoms with Gasteiger partial charge in [-0.05, 0) is 15.9 Å². The number of nitrogens with zero attached hydrogens (tertiary/aromatic N) is 1. The Labute approximate surface area is 89.0 Å². The van der Waals surface area contributed by atoms with E-state index < -0.39 is 27.7 Å². The minimum atomic E-state index is -4.91. The maximum atomic E-state index is 12.7. The minimum Gasteiger partial charge on any atom is -0.386 e. The van der Waals surface area contributed by atoms with Gasteiger partial charge in [-0.15, -0.1) is 13.2 Å². The molecule has 1 aromatic rings. The van der Waals surface area contributed by atoms with Crippen LogP contribution in [0.1, 0.15) is 0 Å². The van der Waals surface area contributed by atoms with Gasteiger partial charge in [0.25, 0.3) is 0 Å². The van der Waals surface area contributed by atoms with Crippen molar-refractivity contribution < 1.29 is 22.3 Å². The van der Waals surface area contributed by atoms with Gasteiger partial charge in [-0.25, -0.2) is 9.37 Å². The fraction of sp³-hybridized carbons (Fsp3) is 0.167. The third-order valence-corrected chi connectivity index (χ3v) is 1.89. The van der Waals surface area contributed by atoms with E-state index in [0.717, 1.165) is 0 Å². The van der Waals surface area contributed by atoms with Crippen molar-refractivity contribution in [1.82, 2.24) is 4.98 Å². The SMILES string of the molecule is Fc1cc(Cl)c(OC(F)(F)F)nc1Br. The summed E-state index contributed by atoms with van der Waals surface area (Å²) in [6.45, 7) is 0. The molecule has 0 spiro atoms. The van der Waals surface area contributed by atoms with Crippen LogP contribution in [0.4, 0.5) is 17.6 Å². The monoisotopic (exact) mass is 293 g/mol. The average Bonchev–Trinajstić information content (AvgIpc) is 1.97. The lowest BCUT2D eigenvalue weighted by Crippen LogP contribution is -2.18. The third kappa shape index (κ3) is 2.98. The molecule has 0 N–H and O–H groups in total. The molecule has 0 atom stereocenters. The number of ether oxygens (including phenoxy) is 1. The van der Waals surface area contributed by atoms with E-state index in [-0.39, 0.29) is 0 Å². The van der Waals surface area contributed by atoms with Crippen molar-refractivity contribution in [3.63, 3.8) is 0 Å². The molecule has 0 aliphatic carbocycles. The molecule has 0 aliphatic rings. The summed E-state index contributed by atoms with van der Waals surface area (Å²) in [6, 6.07) is 0.666. The maximum Gasteiger partial charge on any atom is 0.574 e. The zero-order chi connectivity index (χ0) is 10.9. The molecule has 0 saturated carbocycles. The zero-order valence-corrected chi connectivity index (χ0v) is 8.54. The Balaban J connectivity index is 3.04. The van der Waals surface area contributed by atoms with Gasteiger partial charge in [0.2, 0.25) is 5.88 Å². The van der Waals surface area contributed by atoms with E-state index in [9.17, 15) is 17.6 Å². The molecular formula is C6HBrClF4NO. The molecule has 1 rings (SSSR count). The van der Waals surface area contributed by atoms with Crippen LogP contribution < -0.4 is 4.74 Å². The summed E-state index contributed by atoms with van der Waals surface area (Å²) in [6.07, 6.45) is -4.91. The standard InChI is InChI=1S/C6HBrClF4NO/c7-4-3(9)1-2(8)5(13-4)14-6(10,11)12/h1H.